The number of ether oxygens (including phenoxy) is 10. The van der Waals surface area contributed by atoms with Gasteiger partial charge in [-0.15, -0.1) is 0 Å². The van der Waals surface area contributed by atoms with Gasteiger partial charge in [-0.2, -0.15) is 0 Å². The SMILES string of the molecule is CC(C)(C)[Si](C)(C)OCCOCCOCCOCCOCCOCCOCCOCCOCCOCCOCC(=O)O. The van der Waals surface area contributed by atoms with Crippen LogP contribution in [0.4, 0.5) is 0 Å². The maximum atomic E-state index is 10.3. The van der Waals surface area contributed by atoms with Gasteiger partial charge in [0.25, 0.3) is 0 Å². The Labute approximate surface area is 253 Å². The third kappa shape index (κ3) is 29.3. The average molecular weight is 631 g/mol. The van der Waals surface area contributed by atoms with Gasteiger partial charge in [-0.1, -0.05) is 20.8 Å². The second kappa shape index (κ2) is 29.0. The van der Waals surface area contributed by atoms with Crippen LogP contribution in [0, 0.1) is 0 Å². The molecule has 0 atom stereocenters. The van der Waals surface area contributed by atoms with Crippen LogP contribution >= 0.6 is 0 Å². The topological polar surface area (TPSA) is 139 Å². The van der Waals surface area contributed by atoms with Crippen LogP contribution in [0.15, 0.2) is 0 Å². The lowest BCUT2D eigenvalue weighted by molar-refractivity contribution is -0.142. The highest BCUT2D eigenvalue weighted by Gasteiger charge is 2.36. The van der Waals surface area contributed by atoms with Gasteiger partial charge in [-0.05, 0) is 18.1 Å². The molecule has 0 aromatic heterocycles. The molecule has 0 aromatic rings. The minimum atomic E-state index is -1.70. The second-order valence-corrected chi connectivity index (χ2v) is 15.4. The molecule has 0 aliphatic carbocycles. The molecule has 0 spiro atoms. The minimum absolute atomic E-state index is 0.214. The molecule has 0 saturated carbocycles. The van der Waals surface area contributed by atoms with Gasteiger partial charge in [0, 0.05) is 0 Å². The molecule has 252 valence electrons. The zero-order valence-electron chi connectivity index (χ0n) is 26.7. The van der Waals surface area contributed by atoms with Crippen molar-refractivity contribution < 1.29 is 61.7 Å². The predicted octanol–water partition coefficient (Wildman–Crippen LogP) is 2.26. The van der Waals surface area contributed by atoms with Gasteiger partial charge in [0.05, 0.1) is 132 Å². The molecule has 0 aliphatic rings. The van der Waals surface area contributed by atoms with E-state index in [0.29, 0.717) is 126 Å². The largest absolute Gasteiger partial charge is 0.480 e. The summed E-state index contributed by atoms with van der Waals surface area (Å²) in [6, 6.07) is 0. The van der Waals surface area contributed by atoms with E-state index in [4.69, 9.17) is 56.9 Å². The predicted molar refractivity (Wildman–Crippen MR) is 159 cm³/mol. The molecule has 0 unspecified atom stereocenters. The first-order valence-electron chi connectivity index (χ1n) is 14.8. The lowest BCUT2D eigenvalue weighted by Crippen LogP contribution is -2.41. The van der Waals surface area contributed by atoms with Gasteiger partial charge >= 0.3 is 5.97 Å². The number of carbonyl (C=O) groups is 1. The number of carboxylic acid groups (broad SMARTS) is 1. The summed E-state index contributed by atoms with van der Waals surface area (Å²) >= 11 is 0. The highest BCUT2D eigenvalue weighted by molar-refractivity contribution is 6.74. The zero-order chi connectivity index (χ0) is 31.2. The van der Waals surface area contributed by atoms with Gasteiger partial charge in [0.2, 0.25) is 0 Å². The molecule has 0 aliphatic heterocycles. The summed E-state index contributed by atoms with van der Waals surface area (Å²) in [5.41, 5.74) is 0. The van der Waals surface area contributed by atoms with Crippen molar-refractivity contribution in [3.8, 4) is 0 Å². The fraction of sp³-hybridized carbons (Fsp3) is 0.964. The average Bonchev–Trinajstić information content (AvgIpc) is 2.92. The van der Waals surface area contributed by atoms with Crippen molar-refractivity contribution in [2.75, 3.05) is 139 Å². The quantitative estimate of drug-likeness (QED) is 0.0839. The van der Waals surface area contributed by atoms with Gasteiger partial charge in [-0.3, -0.25) is 0 Å². The van der Waals surface area contributed by atoms with E-state index in [-0.39, 0.29) is 18.3 Å². The molecule has 14 heteroatoms. The molecule has 0 fully saturated rings. The summed E-state index contributed by atoms with van der Waals surface area (Å²) in [7, 11) is -1.70. The summed E-state index contributed by atoms with van der Waals surface area (Å²) in [5, 5.41) is 8.63. The summed E-state index contributed by atoms with van der Waals surface area (Å²) in [6.07, 6.45) is 0. The Morgan fingerprint density at radius 3 is 0.881 bits per heavy atom. The highest BCUT2D eigenvalue weighted by atomic mass is 28.4. The molecule has 13 nitrogen and oxygen atoms in total. The first-order valence-corrected chi connectivity index (χ1v) is 17.7. The Bertz CT molecular complexity index is 591. The van der Waals surface area contributed by atoms with E-state index in [2.05, 4.69) is 33.9 Å². The van der Waals surface area contributed by atoms with Crippen LogP contribution in [0.5, 0.6) is 0 Å². The van der Waals surface area contributed by atoms with Gasteiger partial charge in [0.15, 0.2) is 8.32 Å². The van der Waals surface area contributed by atoms with E-state index in [9.17, 15) is 4.79 Å². The Morgan fingerprint density at radius 1 is 0.452 bits per heavy atom. The van der Waals surface area contributed by atoms with Crippen LogP contribution < -0.4 is 0 Å². The van der Waals surface area contributed by atoms with Crippen LogP contribution in [0.2, 0.25) is 18.1 Å². The van der Waals surface area contributed by atoms with Crippen molar-refractivity contribution >= 4 is 14.3 Å². The molecule has 1 N–H and O–H groups in total. The van der Waals surface area contributed by atoms with Crippen LogP contribution in [-0.2, 0) is 56.6 Å². The Hall–Kier alpha value is -0.753. The number of hydrogen-bond acceptors (Lipinski definition) is 12. The standard InChI is InChI=1S/C28H58O13Si/c1-28(2,3)42(4,5)41-25-24-39-21-20-37-17-16-35-13-12-33-9-8-31-6-7-32-10-11-34-14-15-36-18-19-38-22-23-40-26-27(29)30/h6-26H2,1-5H3,(H,29,30). The minimum Gasteiger partial charge on any atom is -0.480 e. The van der Waals surface area contributed by atoms with E-state index in [1.807, 2.05) is 0 Å². The second-order valence-electron chi connectivity index (χ2n) is 10.6. The van der Waals surface area contributed by atoms with Gasteiger partial charge in [-0.25, -0.2) is 4.79 Å². The van der Waals surface area contributed by atoms with Crippen molar-refractivity contribution in [1.29, 1.82) is 0 Å². The summed E-state index contributed by atoms with van der Waals surface area (Å²) in [6.45, 7) is 20.5. The molecule has 0 saturated heterocycles. The third-order valence-electron chi connectivity index (χ3n) is 6.07. The van der Waals surface area contributed by atoms with Crippen LogP contribution in [0.25, 0.3) is 0 Å². The van der Waals surface area contributed by atoms with Crippen molar-refractivity contribution in [2.24, 2.45) is 0 Å². The van der Waals surface area contributed by atoms with E-state index in [1.54, 1.807) is 0 Å². The lowest BCUT2D eigenvalue weighted by Gasteiger charge is -2.36. The van der Waals surface area contributed by atoms with E-state index < -0.39 is 14.3 Å². The lowest BCUT2D eigenvalue weighted by atomic mass is 10.2. The Kier molecular flexibility index (Phi) is 28.5. The van der Waals surface area contributed by atoms with Crippen LogP contribution in [-0.4, -0.2) is 158 Å². The summed E-state index contributed by atoms with van der Waals surface area (Å²) < 4.78 is 59.9. The van der Waals surface area contributed by atoms with Crippen LogP contribution in [0.3, 0.4) is 0 Å². The molecular formula is C28H58O13Si. The van der Waals surface area contributed by atoms with Crippen molar-refractivity contribution in [3.05, 3.63) is 0 Å². The zero-order valence-corrected chi connectivity index (χ0v) is 27.7. The number of carboxylic acids is 1. The molecule has 0 aromatic carbocycles. The molecule has 0 rings (SSSR count). The van der Waals surface area contributed by atoms with E-state index in [1.165, 1.54) is 0 Å². The molecule has 0 heterocycles. The summed E-state index contributed by atoms with van der Waals surface area (Å²) in [5.74, 6) is -0.994. The molecule has 0 amide bonds. The summed E-state index contributed by atoms with van der Waals surface area (Å²) in [4.78, 5) is 10.3. The van der Waals surface area contributed by atoms with Crippen molar-refractivity contribution in [3.63, 3.8) is 0 Å². The number of rotatable bonds is 33. The first-order chi connectivity index (χ1) is 20.2. The van der Waals surface area contributed by atoms with E-state index in [0.717, 1.165) is 0 Å². The monoisotopic (exact) mass is 630 g/mol. The Balaban J connectivity index is 3.13. The van der Waals surface area contributed by atoms with E-state index >= 15 is 0 Å². The Morgan fingerprint density at radius 2 is 0.667 bits per heavy atom. The maximum Gasteiger partial charge on any atom is 0.329 e. The fourth-order valence-corrected chi connectivity index (χ4v) is 3.74. The third-order valence-corrected chi connectivity index (χ3v) is 10.6. The molecule has 0 bridgehead atoms. The first kappa shape index (κ1) is 41.2. The van der Waals surface area contributed by atoms with Crippen molar-refractivity contribution in [2.45, 2.75) is 38.9 Å². The molecular weight excluding hydrogens is 572 g/mol. The van der Waals surface area contributed by atoms with Crippen molar-refractivity contribution in [1.82, 2.24) is 0 Å². The maximum absolute atomic E-state index is 10.3. The fourth-order valence-electron chi connectivity index (χ4n) is 2.71. The van der Waals surface area contributed by atoms with Gasteiger partial charge < -0.3 is 56.9 Å². The van der Waals surface area contributed by atoms with Gasteiger partial charge in [0.1, 0.15) is 6.61 Å². The highest BCUT2D eigenvalue weighted by Crippen LogP contribution is 2.36. The smallest absolute Gasteiger partial charge is 0.329 e. The number of aliphatic carboxylic acids is 1. The molecule has 42 heavy (non-hydrogen) atoms. The normalized spacial score (nSPS) is 12.3. The molecule has 0 radical (unpaired) electrons. The van der Waals surface area contributed by atoms with Crippen LogP contribution in [0.1, 0.15) is 20.8 Å². The number of hydrogen-bond donors (Lipinski definition) is 1.